The zero-order chi connectivity index (χ0) is 21.0. The molecular weight excluding hydrogens is 376 g/mol. The Morgan fingerprint density at radius 2 is 2.07 bits per heavy atom. The Labute approximate surface area is 166 Å². The highest BCUT2D eigenvalue weighted by atomic mass is 16.6. The molecule has 3 aromatic rings. The maximum Gasteiger partial charge on any atom is 0.307 e. The van der Waals surface area contributed by atoms with Crippen LogP contribution in [-0.4, -0.2) is 21.0 Å². The smallest absolute Gasteiger partial charge is 0.307 e. The lowest BCUT2D eigenvalue weighted by Crippen LogP contribution is -2.02. The molecule has 0 atom stereocenters. The summed E-state index contributed by atoms with van der Waals surface area (Å²) in [4.78, 5) is 26.1. The third-order valence-corrected chi connectivity index (χ3v) is 4.38. The van der Waals surface area contributed by atoms with Crippen molar-refractivity contribution in [1.82, 2.24) is 4.98 Å². The highest BCUT2D eigenvalue weighted by molar-refractivity contribution is 5.70. The van der Waals surface area contributed by atoms with Gasteiger partial charge in [-0.3, -0.25) is 14.9 Å². The Hall–Kier alpha value is -3.68. The van der Waals surface area contributed by atoms with Gasteiger partial charge in [0.15, 0.2) is 0 Å². The zero-order valence-electron chi connectivity index (χ0n) is 16.0. The van der Waals surface area contributed by atoms with Crippen molar-refractivity contribution in [3.05, 3.63) is 75.2 Å². The molecule has 0 amide bonds. The first-order chi connectivity index (χ1) is 13.9. The van der Waals surface area contributed by atoms with Crippen LogP contribution in [0.1, 0.15) is 29.5 Å². The van der Waals surface area contributed by atoms with Crippen molar-refractivity contribution in [2.24, 2.45) is 0 Å². The molecule has 1 N–H and O–H groups in total. The van der Waals surface area contributed by atoms with Crippen LogP contribution in [-0.2, 0) is 24.2 Å². The van der Waals surface area contributed by atoms with Gasteiger partial charge in [0.2, 0.25) is 5.89 Å². The average Bonchev–Trinajstić information content (AvgIpc) is 3.09. The fraction of sp³-hybridized carbons (Fsp3) is 0.238. The number of carboxylic acid groups (broad SMARTS) is 1. The van der Waals surface area contributed by atoms with Crippen LogP contribution in [0.3, 0.4) is 0 Å². The Morgan fingerprint density at radius 1 is 1.28 bits per heavy atom. The molecule has 0 aliphatic carbocycles. The van der Waals surface area contributed by atoms with Crippen LogP contribution in [0.4, 0.5) is 5.69 Å². The molecule has 0 saturated heterocycles. The first-order valence-corrected chi connectivity index (χ1v) is 9.05. The third kappa shape index (κ3) is 4.78. The molecule has 0 aliphatic heterocycles. The minimum Gasteiger partial charge on any atom is -0.487 e. The van der Waals surface area contributed by atoms with Crippen molar-refractivity contribution in [2.45, 2.75) is 33.3 Å². The molecule has 1 aromatic heterocycles. The summed E-state index contributed by atoms with van der Waals surface area (Å²) in [6.07, 6.45) is 0.496. The molecule has 0 saturated carbocycles. The normalized spacial score (nSPS) is 10.7. The highest BCUT2D eigenvalue weighted by Gasteiger charge is 2.18. The molecule has 2 aromatic carbocycles. The lowest BCUT2D eigenvalue weighted by Gasteiger charge is -2.06. The van der Waals surface area contributed by atoms with Crippen LogP contribution in [0.2, 0.25) is 0 Å². The number of nitro groups is 1. The molecule has 0 radical (unpaired) electrons. The zero-order valence-corrected chi connectivity index (χ0v) is 16.0. The van der Waals surface area contributed by atoms with Crippen molar-refractivity contribution in [3.8, 4) is 17.2 Å². The van der Waals surface area contributed by atoms with Crippen molar-refractivity contribution >= 4 is 11.7 Å². The SMILES string of the molecule is CCc1oc(-c2ccc(C)c([N+](=O)[O-])c2)nc1COc1cccc(CC(=O)O)c1. The van der Waals surface area contributed by atoms with Crippen molar-refractivity contribution < 1.29 is 24.0 Å². The number of aryl methyl sites for hydroxylation is 2. The van der Waals surface area contributed by atoms with Gasteiger partial charge in [-0.05, 0) is 30.7 Å². The molecule has 150 valence electrons. The van der Waals surface area contributed by atoms with Crippen molar-refractivity contribution in [3.63, 3.8) is 0 Å². The summed E-state index contributed by atoms with van der Waals surface area (Å²) in [5.41, 5.74) is 2.32. The largest absolute Gasteiger partial charge is 0.487 e. The first kappa shape index (κ1) is 20.1. The van der Waals surface area contributed by atoms with Crippen LogP contribution in [0.5, 0.6) is 5.75 Å². The molecule has 8 heteroatoms. The molecule has 0 unspecified atom stereocenters. The maximum absolute atomic E-state index is 11.2. The maximum atomic E-state index is 11.2. The molecular formula is C21H20N2O6. The lowest BCUT2D eigenvalue weighted by molar-refractivity contribution is -0.385. The predicted molar refractivity (Wildman–Crippen MR) is 105 cm³/mol. The quantitative estimate of drug-likeness (QED) is 0.445. The second-order valence-electron chi connectivity index (χ2n) is 6.51. The third-order valence-electron chi connectivity index (χ3n) is 4.38. The Morgan fingerprint density at radius 3 is 2.76 bits per heavy atom. The number of aliphatic carboxylic acids is 1. The van der Waals surface area contributed by atoms with E-state index in [0.29, 0.717) is 46.2 Å². The lowest BCUT2D eigenvalue weighted by atomic mass is 10.1. The fourth-order valence-electron chi connectivity index (χ4n) is 2.91. The Kier molecular flexibility index (Phi) is 5.92. The molecule has 0 bridgehead atoms. The number of hydrogen-bond acceptors (Lipinski definition) is 6. The van der Waals surface area contributed by atoms with Crippen molar-refractivity contribution in [1.29, 1.82) is 0 Å². The molecule has 3 rings (SSSR count). The van der Waals surface area contributed by atoms with Gasteiger partial charge in [0, 0.05) is 23.6 Å². The van der Waals surface area contributed by atoms with Gasteiger partial charge >= 0.3 is 5.97 Å². The standard InChI is InChI=1S/C21H20N2O6/c1-3-19-17(12-28-16-6-4-5-14(9-16)10-20(24)25)22-21(29-19)15-8-7-13(2)18(11-15)23(26)27/h4-9,11H,3,10,12H2,1-2H3,(H,24,25). The van der Waals surface area contributed by atoms with Crippen LogP contribution >= 0.6 is 0 Å². The van der Waals surface area contributed by atoms with E-state index >= 15 is 0 Å². The molecule has 0 spiro atoms. The predicted octanol–water partition coefficient (Wildman–Crippen LogP) is 4.33. The van der Waals surface area contributed by atoms with Gasteiger partial charge in [-0.15, -0.1) is 0 Å². The average molecular weight is 396 g/mol. The number of carbonyl (C=O) groups is 1. The number of oxazole rings is 1. The fourth-order valence-corrected chi connectivity index (χ4v) is 2.91. The number of nitrogens with zero attached hydrogens (tertiary/aromatic N) is 2. The van der Waals surface area contributed by atoms with E-state index in [1.54, 1.807) is 43.3 Å². The monoisotopic (exact) mass is 396 g/mol. The number of rotatable bonds is 8. The van der Waals surface area contributed by atoms with Gasteiger partial charge in [-0.2, -0.15) is 0 Å². The topological polar surface area (TPSA) is 116 Å². The van der Waals surface area contributed by atoms with E-state index in [2.05, 4.69) is 4.98 Å². The number of aromatic nitrogens is 1. The van der Waals surface area contributed by atoms with Crippen LogP contribution in [0, 0.1) is 17.0 Å². The molecule has 1 heterocycles. The summed E-state index contributed by atoms with van der Waals surface area (Å²) in [5.74, 6) is 0.540. The van der Waals surface area contributed by atoms with E-state index < -0.39 is 10.9 Å². The summed E-state index contributed by atoms with van der Waals surface area (Å²) >= 11 is 0. The van der Waals surface area contributed by atoms with Crippen molar-refractivity contribution in [2.75, 3.05) is 0 Å². The van der Waals surface area contributed by atoms with E-state index in [-0.39, 0.29) is 18.7 Å². The van der Waals surface area contributed by atoms with E-state index in [4.69, 9.17) is 14.3 Å². The minimum atomic E-state index is -0.913. The minimum absolute atomic E-state index is 0.00629. The summed E-state index contributed by atoms with van der Waals surface area (Å²) in [7, 11) is 0. The second kappa shape index (κ2) is 8.55. The van der Waals surface area contributed by atoms with E-state index in [1.807, 2.05) is 6.92 Å². The van der Waals surface area contributed by atoms with E-state index in [0.717, 1.165) is 0 Å². The van der Waals surface area contributed by atoms with Gasteiger partial charge < -0.3 is 14.3 Å². The van der Waals surface area contributed by atoms with Crippen LogP contribution in [0.25, 0.3) is 11.5 Å². The first-order valence-electron chi connectivity index (χ1n) is 9.05. The molecule has 0 aliphatic rings. The second-order valence-corrected chi connectivity index (χ2v) is 6.51. The Balaban J connectivity index is 1.81. The number of hydrogen-bond donors (Lipinski definition) is 1. The van der Waals surface area contributed by atoms with Crippen LogP contribution in [0.15, 0.2) is 46.9 Å². The number of benzene rings is 2. The van der Waals surface area contributed by atoms with E-state index in [1.165, 1.54) is 6.07 Å². The number of ether oxygens (including phenoxy) is 1. The molecule has 29 heavy (non-hydrogen) atoms. The van der Waals surface area contributed by atoms with Gasteiger partial charge in [-0.1, -0.05) is 25.1 Å². The number of carboxylic acids is 1. The van der Waals surface area contributed by atoms with Gasteiger partial charge in [0.1, 0.15) is 23.8 Å². The van der Waals surface area contributed by atoms with Crippen LogP contribution < -0.4 is 4.74 Å². The van der Waals surface area contributed by atoms with Gasteiger partial charge in [-0.25, -0.2) is 4.98 Å². The summed E-state index contributed by atoms with van der Waals surface area (Å²) < 4.78 is 11.6. The number of nitro benzene ring substituents is 1. The summed E-state index contributed by atoms with van der Waals surface area (Å²) in [5, 5.41) is 20.1. The Bertz CT molecular complexity index is 1060. The molecule has 0 fully saturated rings. The molecule has 8 nitrogen and oxygen atoms in total. The highest BCUT2D eigenvalue weighted by Crippen LogP contribution is 2.28. The van der Waals surface area contributed by atoms with E-state index in [9.17, 15) is 14.9 Å². The summed E-state index contributed by atoms with van der Waals surface area (Å²) in [6.45, 7) is 3.72. The van der Waals surface area contributed by atoms with Gasteiger partial charge in [0.05, 0.1) is 11.3 Å². The van der Waals surface area contributed by atoms with Gasteiger partial charge in [0.25, 0.3) is 5.69 Å². The summed E-state index contributed by atoms with van der Waals surface area (Å²) in [6, 6.07) is 11.7.